The number of anilines is 1. The van der Waals surface area contributed by atoms with Crippen LogP contribution in [0.4, 0.5) is 14.5 Å². The standard InChI is InChI=1S/C19H19ClF2N2O3S/c20-15-5-3-13(4-6-15)12-28(26,27)24-9-1-2-14(11-24)19(25)23-18-8-7-16(21)10-17(18)22/h3-8,10,14H,1-2,9,11-12H2,(H,23,25)/t14-/m1/s1. The number of nitrogens with one attached hydrogen (secondary N) is 1. The maximum atomic E-state index is 13.7. The van der Waals surface area contributed by atoms with E-state index >= 15 is 0 Å². The monoisotopic (exact) mass is 428 g/mol. The summed E-state index contributed by atoms with van der Waals surface area (Å²) in [5.41, 5.74) is 0.469. The molecular formula is C19H19ClF2N2O3S. The molecular weight excluding hydrogens is 410 g/mol. The summed E-state index contributed by atoms with van der Waals surface area (Å²) in [6.07, 6.45) is 1.01. The molecule has 1 aliphatic heterocycles. The number of nitrogens with zero attached hydrogens (tertiary/aromatic N) is 1. The van der Waals surface area contributed by atoms with Gasteiger partial charge in [-0.05, 0) is 42.7 Å². The zero-order chi connectivity index (χ0) is 20.3. The van der Waals surface area contributed by atoms with Crippen molar-refractivity contribution in [2.24, 2.45) is 5.92 Å². The molecule has 1 heterocycles. The van der Waals surface area contributed by atoms with Gasteiger partial charge < -0.3 is 5.32 Å². The second kappa shape index (κ2) is 8.55. The largest absolute Gasteiger partial charge is 0.323 e. The van der Waals surface area contributed by atoms with E-state index in [1.54, 1.807) is 24.3 Å². The molecule has 0 saturated carbocycles. The molecule has 2 aromatic carbocycles. The first kappa shape index (κ1) is 20.7. The number of piperidine rings is 1. The van der Waals surface area contributed by atoms with Crippen LogP contribution in [-0.2, 0) is 20.6 Å². The number of hydrogen-bond donors (Lipinski definition) is 1. The van der Waals surface area contributed by atoms with Crippen LogP contribution in [-0.4, -0.2) is 31.7 Å². The van der Waals surface area contributed by atoms with E-state index in [1.807, 2.05) is 0 Å². The van der Waals surface area contributed by atoms with Gasteiger partial charge in [-0.25, -0.2) is 21.5 Å². The Hall–Kier alpha value is -2.03. The molecule has 150 valence electrons. The van der Waals surface area contributed by atoms with Crippen LogP contribution in [0.1, 0.15) is 18.4 Å². The number of amides is 1. The van der Waals surface area contributed by atoms with Gasteiger partial charge in [-0.3, -0.25) is 4.79 Å². The average molecular weight is 429 g/mol. The van der Waals surface area contributed by atoms with Crippen LogP contribution in [0, 0.1) is 17.6 Å². The third kappa shape index (κ3) is 5.06. The van der Waals surface area contributed by atoms with E-state index < -0.39 is 33.5 Å². The highest BCUT2D eigenvalue weighted by Gasteiger charge is 2.32. The van der Waals surface area contributed by atoms with Crippen LogP contribution < -0.4 is 5.32 Å². The van der Waals surface area contributed by atoms with Gasteiger partial charge in [0.15, 0.2) is 0 Å². The third-order valence-corrected chi connectivity index (χ3v) is 6.67. The zero-order valence-electron chi connectivity index (χ0n) is 14.9. The second-order valence-corrected chi connectivity index (χ2v) is 9.10. The van der Waals surface area contributed by atoms with Crippen molar-refractivity contribution in [2.45, 2.75) is 18.6 Å². The first-order chi connectivity index (χ1) is 13.2. The maximum Gasteiger partial charge on any atom is 0.228 e. The summed E-state index contributed by atoms with van der Waals surface area (Å²) in [5, 5.41) is 2.94. The topological polar surface area (TPSA) is 66.5 Å². The molecule has 0 aromatic heterocycles. The average Bonchev–Trinajstić information content (AvgIpc) is 2.66. The molecule has 0 radical (unpaired) electrons. The number of hydrogen-bond acceptors (Lipinski definition) is 3. The van der Waals surface area contributed by atoms with Crippen LogP contribution >= 0.6 is 11.6 Å². The first-order valence-electron chi connectivity index (χ1n) is 8.73. The summed E-state index contributed by atoms with van der Waals surface area (Å²) in [4.78, 5) is 12.5. The lowest BCUT2D eigenvalue weighted by atomic mass is 9.98. The lowest BCUT2D eigenvalue weighted by molar-refractivity contribution is -0.120. The predicted octanol–water partition coefficient (Wildman–Crippen LogP) is 3.80. The molecule has 5 nitrogen and oxygen atoms in total. The Morgan fingerprint density at radius 2 is 1.89 bits per heavy atom. The van der Waals surface area contributed by atoms with Crippen molar-refractivity contribution in [1.29, 1.82) is 0 Å². The van der Waals surface area contributed by atoms with Crippen LogP contribution in [0.15, 0.2) is 42.5 Å². The molecule has 1 aliphatic rings. The Kier molecular flexibility index (Phi) is 6.32. The predicted molar refractivity (Wildman–Crippen MR) is 103 cm³/mol. The summed E-state index contributed by atoms with van der Waals surface area (Å²) in [7, 11) is -3.62. The Labute approximate surface area is 167 Å². The van der Waals surface area contributed by atoms with Crippen LogP contribution in [0.3, 0.4) is 0 Å². The summed E-state index contributed by atoms with van der Waals surface area (Å²) >= 11 is 5.82. The number of carbonyl (C=O) groups is 1. The van der Waals surface area contributed by atoms with E-state index in [2.05, 4.69) is 5.32 Å². The van der Waals surface area contributed by atoms with Crippen molar-refractivity contribution >= 4 is 33.2 Å². The van der Waals surface area contributed by atoms with E-state index in [0.717, 1.165) is 12.1 Å². The van der Waals surface area contributed by atoms with Crippen molar-refractivity contribution in [2.75, 3.05) is 18.4 Å². The molecule has 1 fully saturated rings. The molecule has 2 aromatic rings. The smallest absolute Gasteiger partial charge is 0.228 e. The zero-order valence-corrected chi connectivity index (χ0v) is 16.4. The highest BCUT2D eigenvalue weighted by molar-refractivity contribution is 7.88. The lowest BCUT2D eigenvalue weighted by Gasteiger charge is -2.31. The molecule has 9 heteroatoms. The second-order valence-electron chi connectivity index (χ2n) is 6.69. The van der Waals surface area contributed by atoms with Gasteiger partial charge in [-0.2, -0.15) is 0 Å². The summed E-state index contributed by atoms with van der Waals surface area (Å²) in [6.45, 7) is 0.342. The summed E-state index contributed by atoms with van der Waals surface area (Å²) in [6, 6.07) is 9.39. The van der Waals surface area contributed by atoms with Crippen molar-refractivity contribution in [3.05, 3.63) is 64.7 Å². The van der Waals surface area contributed by atoms with Gasteiger partial charge in [0.25, 0.3) is 0 Å². The number of carbonyl (C=O) groups excluding carboxylic acids is 1. The van der Waals surface area contributed by atoms with E-state index in [9.17, 15) is 22.0 Å². The van der Waals surface area contributed by atoms with E-state index in [1.165, 1.54) is 4.31 Å². The molecule has 3 rings (SSSR count). The summed E-state index contributed by atoms with van der Waals surface area (Å²) in [5.74, 6) is -2.91. The Morgan fingerprint density at radius 1 is 1.18 bits per heavy atom. The molecule has 0 spiro atoms. The molecule has 28 heavy (non-hydrogen) atoms. The van der Waals surface area contributed by atoms with E-state index in [4.69, 9.17) is 11.6 Å². The van der Waals surface area contributed by atoms with E-state index in [-0.39, 0.29) is 18.0 Å². The molecule has 0 unspecified atom stereocenters. The van der Waals surface area contributed by atoms with Crippen molar-refractivity contribution in [3.63, 3.8) is 0 Å². The molecule has 0 bridgehead atoms. The maximum absolute atomic E-state index is 13.7. The van der Waals surface area contributed by atoms with Gasteiger partial charge in [-0.15, -0.1) is 0 Å². The third-order valence-electron chi connectivity index (χ3n) is 4.60. The quantitative estimate of drug-likeness (QED) is 0.787. The highest BCUT2D eigenvalue weighted by Crippen LogP contribution is 2.24. The lowest BCUT2D eigenvalue weighted by Crippen LogP contribution is -2.44. The van der Waals surface area contributed by atoms with Gasteiger partial charge in [0.2, 0.25) is 15.9 Å². The minimum absolute atomic E-state index is 0.0184. The molecule has 1 N–H and O–H groups in total. The Morgan fingerprint density at radius 3 is 2.57 bits per heavy atom. The molecule has 1 amide bonds. The van der Waals surface area contributed by atoms with Crippen molar-refractivity contribution < 1.29 is 22.0 Å². The van der Waals surface area contributed by atoms with Gasteiger partial charge >= 0.3 is 0 Å². The van der Waals surface area contributed by atoms with Gasteiger partial charge in [0.05, 0.1) is 17.4 Å². The minimum Gasteiger partial charge on any atom is -0.323 e. The molecule has 1 saturated heterocycles. The van der Waals surface area contributed by atoms with Gasteiger partial charge in [0, 0.05) is 24.2 Å². The number of sulfonamides is 1. The van der Waals surface area contributed by atoms with E-state index in [0.29, 0.717) is 36.0 Å². The highest BCUT2D eigenvalue weighted by atomic mass is 35.5. The number of halogens is 3. The number of rotatable bonds is 5. The van der Waals surface area contributed by atoms with Crippen molar-refractivity contribution in [1.82, 2.24) is 4.31 Å². The van der Waals surface area contributed by atoms with Crippen LogP contribution in [0.2, 0.25) is 5.02 Å². The fourth-order valence-corrected chi connectivity index (χ4v) is 4.85. The fraction of sp³-hybridized carbons (Fsp3) is 0.316. The Balaban J connectivity index is 1.67. The SMILES string of the molecule is O=C(Nc1ccc(F)cc1F)[C@@H]1CCCN(S(=O)(=O)Cc2ccc(Cl)cc2)C1. The number of benzene rings is 2. The minimum atomic E-state index is -3.62. The normalized spacial score (nSPS) is 18.0. The van der Waals surface area contributed by atoms with Crippen LogP contribution in [0.25, 0.3) is 0 Å². The van der Waals surface area contributed by atoms with Gasteiger partial charge in [0.1, 0.15) is 11.6 Å². The Bertz CT molecular complexity index is 968. The summed E-state index contributed by atoms with van der Waals surface area (Å²) < 4.78 is 53.5. The fourth-order valence-electron chi connectivity index (χ4n) is 3.12. The van der Waals surface area contributed by atoms with Crippen molar-refractivity contribution in [3.8, 4) is 0 Å². The molecule has 0 aliphatic carbocycles. The first-order valence-corrected chi connectivity index (χ1v) is 10.7. The molecule has 1 atom stereocenters. The van der Waals surface area contributed by atoms with Crippen LogP contribution in [0.5, 0.6) is 0 Å². The van der Waals surface area contributed by atoms with Gasteiger partial charge in [-0.1, -0.05) is 23.7 Å².